The van der Waals surface area contributed by atoms with E-state index in [4.69, 9.17) is 11.0 Å². The van der Waals surface area contributed by atoms with Gasteiger partial charge in [0.25, 0.3) is 5.91 Å². The highest BCUT2D eigenvalue weighted by atomic mass is 32.2. The van der Waals surface area contributed by atoms with Crippen molar-refractivity contribution in [1.29, 1.82) is 5.26 Å². The lowest BCUT2D eigenvalue weighted by Gasteiger charge is -2.13. The predicted octanol–water partition coefficient (Wildman–Crippen LogP) is 3.06. The third-order valence-corrected chi connectivity index (χ3v) is 6.43. The highest BCUT2D eigenvalue weighted by Crippen LogP contribution is 2.23. The van der Waals surface area contributed by atoms with Gasteiger partial charge in [-0.25, -0.2) is 27.2 Å². The number of H-pyrrole nitrogens is 1. The van der Waals surface area contributed by atoms with E-state index in [1.807, 2.05) is 6.07 Å². The molecule has 0 radical (unpaired) electrons. The molecule has 1 unspecified atom stereocenters. The standard InChI is InChI=1S/C23H18F2N6O3S/c24-16(8-15-2-1-3-18(25)20(15)21(27)32)12-35(33,34)31-17-9-19-23(28-11-17)30-22(29-19)14-6-4-13(10-26)5-7-14/h1-7,9,11,16,31H,8,12H2,(H2,27,32)(H,28,29,30). The Hall–Kier alpha value is -4.37. The van der Waals surface area contributed by atoms with Crippen LogP contribution in [0.5, 0.6) is 0 Å². The number of hydrogen-bond acceptors (Lipinski definition) is 6. The van der Waals surface area contributed by atoms with Crippen LogP contribution in [0.25, 0.3) is 22.6 Å². The number of carbonyl (C=O) groups is 1. The molecule has 0 bridgehead atoms. The lowest BCUT2D eigenvalue weighted by Crippen LogP contribution is -2.26. The van der Waals surface area contributed by atoms with Crippen molar-refractivity contribution >= 4 is 32.8 Å². The van der Waals surface area contributed by atoms with Crippen molar-refractivity contribution in [2.24, 2.45) is 5.73 Å². The van der Waals surface area contributed by atoms with Gasteiger partial charge in [0.05, 0.1) is 29.1 Å². The fourth-order valence-electron chi connectivity index (χ4n) is 3.56. The number of nitrogens with two attached hydrogens (primary N) is 1. The Balaban J connectivity index is 1.48. The number of anilines is 1. The SMILES string of the molecule is N#Cc1ccc(-c2nc3cc(NS(=O)(=O)CC(F)Cc4cccc(F)c4C(N)=O)cnc3[nH]2)cc1. The fourth-order valence-corrected chi connectivity index (χ4v) is 4.71. The molecule has 35 heavy (non-hydrogen) atoms. The number of amides is 1. The molecular weight excluding hydrogens is 478 g/mol. The van der Waals surface area contributed by atoms with Crippen molar-refractivity contribution in [3.63, 3.8) is 0 Å². The van der Waals surface area contributed by atoms with Crippen LogP contribution in [0, 0.1) is 17.1 Å². The summed E-state index contributed by atoms with van der Waals surface area (Å²) in [6, 6.07) is 13.8. The molecule has 1 amide bonds. The summed E-state index contributed by atoms with van der Waals surface area (Å²) < 4.78 is 55.8. The second-order valence-electron chi connectivity index (χ2n) is 7.69. The average Bonchev–Trinajstić information content (AvgIpc) is 3.21. The maximum absolute atomic E-state index is 14.6. The van der Waals surface area contributed by atoms with Gasteiger partial charge in [-0.05, 0) is 42.0 Å². The first-order chi connectivity index (χ1) is 16.6. The summed E-state index contributed by atoms with van der Waals surface area (Å²) in [7, 11) is -4.16. The maximum Gasteiger partial charge on any atom is 0.251 e. The zero-order chi connectivity index (χ0) is 25.2. The van der Waals surface area contributed by atoms with Crippen LogP contribution in [0.2, 0.25) is 0 Å². The van der Waals surface area contributed by atoms with Crippen LogP contribution in [-0.4, -0.2) is 41.2 Å². The van der Waals surface area contributed by atoms with E-state index in [-0.39, 0.29) is 11.3 Å². The predicted molar refractivity (Wildman–Crippen MR) is 125 cm³/mol. The lowest BCUT2D eigenvalue weighted by molar-refractivity contribution is 0.0995. The van der Waals surface area contributed by atoms with Gasteiger partial charge in [0.15, 0.2) is 5.65 Å². The number of imidazole rings is 1. The van der Waals surface area contributed by atoms with E-state index in [0.29, 0.717) is 28.1 Å². The Morgan fingerprint density at radius 2 is 1.97 bits per heavy atom. The molecule has 0 saturated carbocycles. The molecule has 0 saturated heterocycles. The second-order valence-corrected chi connectivity index (χ2v) is 9.46. The minimum absolute atomic E-state index is 0.0184. The molecular formula is C23H18F2N6O3S. The minimum Gasteiger partial charge on any atom is -0.365 e. The van der Waals surface area contributed by atoms with Crippen molar-refractivity contribution in [3.05, 3.63) is 77.2 Å². The van der Waals surface area contributed by atoms with Crippen LogP contribution in [0.1, 0.15) is 21.5 Å². The number of primary amides is 1. The van der Waals surface area contributed by atoms with Gasteiger partial charge >= 0.3 is 0 Å². The van der Waals surface area contributed by atoms with E-state index in [1.165, 1.54) is 24.4 Å². The topological polar surface area (TPSA) is 155 Å². The molecule has 0 fully saturated rings. The highest BCUT2D eigenvalue weighted by Gasteiger charge is 2.23. The molecule has 12 heteroatoms. The largest absolute Gasteiger partial charge is 0.365 e. The van der Waals surface area contributed by atoms with E-state index in [9.17, 15) is 22.0 Å². The Morgan fingerprint density at radius 3 is 2.66 bits per heavy atom. The van der Waals surface area contributed by atoms with Crippen molar-refractivity contribution in [2.45, 2.75) is 12.6 Å². The first kappa shape index (κ1) is 23.8. The zero-order valence-electron chi connectivity index (χ0n) is 18.0. The minimum atomic E-state index is -4.16. The first-order valence-corrected chi connectivity index (χ1v) is 11.9. The van der Waals surface area contributed by atoms with Crippen LogP contribution in [0.4, 0.5) is 14.5 Å². The number of nitrogens with one attached hydrogen (secondary N) is 2. The summed E-state index contributed by atoms with van der Waals surface area (Å²) in [6.45, 7) is 0. The summed E-state index contributed by atoms with van der Waals surface area (Å²) >= 11 is 0. The summed E-state index contributed by atoms with van der Waals surface area (Å²) in [5.74, 6) is -2.43. The number of aromatic amines is 1. The van der Waals surface area contributed by atoms with Gasteiger partial charge in [0.1, 0.15) is 29.1 Å². The number of rotatable bonds is 8. The number of fused-ring (bicyclic) bond motifs is 1. The quantitative estimate of drug-likeness (QED) is 0.341. The van der Waals surface area contributed by atoms with Crippen LogP contribution >= 0.6 is 0 Å². The number of halogens is 2. The first-order valence-electron chi connectivity index (χ1n) is 10.2. The Kier molecular flexibility index (Phi) is 6.44. The monoisotopic (exact) mass is 496 g/mol. The average molecular weight is 496 g/mol. The molecule has 0 aliphatic rings. The van der Waals surface area contributed by atoms with Crippen LogP contribution in [0.15, 0.2) is 54.7 Å². The van der Waals surface area contributed by atoms with Gasteiger partial charge in [-0.1, -0.05) is 12.1 Å². The fraction of sp³-hybridized carbons (Fsp3) is 0.130. The molecule has 0 spiro atoms. The number of sulfonamides is 1. The summed E-state index contributed by atoms with van der Waals surface area (Å²) in [5.41, 5.74) is 6.72. The normalized spacial score (nSPS) is 12.3. The van der Waals surface area contributed by atoms with E-state index in [1.54, 1.807) is 24.3 Å². The number of carbonyl (C=O) groups excluding carboxylic acids is 1. The molecule has 178 valence electrons. The third-order valence-electron chi connectivity index (χ3n) is 5.09. The zero-order valence-corrected chi connectivity index (χ0v) is 18.8. The van der Waals surface area contributed by atoms with Gasteiger partial charge in [-0.3, -0.25) is 9.52 Å². The van der Waals surface area contributed by atoms with Gasteiger partial charge in [0.2, 0.25) is 10.0 Å². The summed E-state index contributed by atoms with van der Waals surface area (Å²) in [4.78, 5) is 23.0. The van der Waals surface area contributed by atoms with Crippen molar-refractivity contribution in [2.75, 3.05) is 10.5 Å². The van der Waals surface area contributed by atoms with Crippen molar-refractivity contribution in [1.82, 2.24) is 15.0 Å². The number of benzene rings is 2. The molecule has 2 aromatic carbocycles. The number of alkyl halides is 1. The van der Waals surface area contributed by atoms with E-state index < -0.39 is 45.7 Å². The molecule has 2 heterocycles. The molecule has 2 aromatic heterocycles. The molecule has 4 N–H and O–H groups in total. The lowest BCUT2D eigenvalue weighted by atomic mass is 10.0. The van der Waals surface area contributed by atoms with Crippen LogP contribution in [0.3, 0.4) is 0 Å². The molecule has 4 aromatic rings. The molecule has 4 rings (SSSR count). The van der Waals surface area contributed by atoms with Gasteiger partial charge in [-0.2, -0.15) is 5.26 Å². The molecule has 1 atom stereocenters. The van der Waals surface area contributed by atoms with Gasteiger partial charge in [0, 0.05) is 12.0 Å². The smallest absolute Gasteiger partial charge is 0.251 e. The molecule has 9 nitrogen and oxygen atoms in total. The summed E-state index contributed by atoms with van der Waals surface area (Å²) in [5, 5.41) is 8.91. The number of hydrogen-bond donors (Lipinski definition) is 3. The van der Waals surface area contributed by atoms with Crippen LogP contribution in [-0.2, 0) is 16.4 Å². The Labute approximate surface area is 198 Å². The van der Waals surface area contributed by atoms with E-state index in [0.717, 1.165) is 6.07 Å². The maximum atomic E-state index is 14.6. The van der Waals surface area contributed by atoms with Crippen molar-refractivity contribution in [3.8, 4) is 17.5 Å². The number of nitrogens with zero attached hydrogens (tertiary/aromatic N) is 3. The number of aromatic nitrogens is 3. The number of pyridine rings is 1. The third kappa shape index (κ3) is 5.42. The Bertz CT molecular complexity index is 1560. The number of nitriles is 1. The van der Waals surface area contributed by atoms with Gasteiger partial charge < -0.3 is 10.7 Å². The van der Waals surface area contributed by atoms with Gasteiger partial charge in [-0.15, -0.1) is 0 Å². The van der Waals surface area contributed by atoms with Crippen molar-refractivity contribution < 1.29 is 22.0 Å². The van der Waals surface area contributed by atoms with E-state index in [2.05, 4.69) is 19.7 Å². The summed E-state index contributed by atoms with van der Waals surface area (Å²) in [6.07, 6.45) is -1.19. The Morgan fingerprint density at radius 1 is 1.23 bits per heavy atom. The highest BCUT2D eigenvalue weighted by molar-refractivity contribution is 7.92. The van der Waals surface area contributed by atoms with E-state index >= 15 is 0 Å². The molecule has 0 aliphatic carbocycles. The molecule has 0 aliphatic heterocycles. The second kappa shape index (κ2) is 9.47. The van der Waals surface area contributed by atoms with Crippen LogP contribution < -0.4 is 10.5 Å².